The maximum Gasteiger partial charge on any atom is 0.245 e. The maximum absolute atomic E-state index is 13.6. The van der Waals surface area contributed by atoms with E-state index in [4.69, 9.17) is 4.74 Å². The summed E-state index contributed by atoms with van der Waals surface area (Å²) in [6.45, 7) is 6.41. The number of fused-ring (bicyclic) bond motifs is 14. The van der Waals surface area contributed by atoms with E-state index in [-0.39, 0.29) is 49.1 Å². The predicted octanol–water partition coefficient (Wildman–Crippen LogP) is 0.659. The van der Waals surface area contributed by atoms with Crippen molar-refractivity contribution >= 4 is 29.5 Å². The summed E-state index contributed by atoms with van der Waals surface area (Å²) < 4.78 is 5.77. The van der Waals surface area contributed by atoms with Crippen LogP contribution in [0, 0.1) is 11.8 Å². The van der Waals surface area contributed by atoms with E-state index < -0.39 is 36.0 Å². The molecule has 2 fully saturated rings. The number of benzene rings is 1. The van der Waals surface area contributed by atoms with Crippen molar-refractivity contribution < 1.29 is 28.7 Å². The molecule has 1 saturated heterocycles. The van der Waals surface area contributed by atoms with Crippen LogP contribution in [0.2, 0.25) is 0 Å². The van der Waals surface area contributed by atoms with Crippen molar-refractivity contribution in [3.8, 4) is 5.75 Å². The van der Waals surface area contributed by atoms with Crippen molar-refractivity contribution in [1.29, 1.82) is 0 Å². The van der Waals surface area contributed by atoms with Gasteiger partial charge in [-0.25, -0.2) is 0 Å². The van der Waals surface area contributed by atoms with Gasteiger partial charge < -0.3 is 30.9 Å². The van der Waals surface area contributed by atoms with Crippen molar-refractivity contribution in [2.45, 2.75) is 83.5 Å². The van der Waals surface area contributed by atoms with Crippen LogP contribution in [-0.2, 0) is 30.4 Å². The molecule has 218 valence electrons. The molecule has 1 aliphatic carbocycles. The number of hydrogen-bond acceptors (Lipinski definition) is 6. The molecule has 5 amide bonds. The zero-order valence-electron chi connectivity index (χ0n) is 23.5. The zero-order valence-corrected chi connectivity index (χ0v) is 23.5. The van der Waals surface area contributed by atoms with Gasteiger partial charge in [0.1, 0.15) is 36.5 Å². The van der Waals surface area contributed by atoms with Gasteiger partial charge in [0.25, 0.3) is 0 Å². The van der Waals surface area contributed by atoms with E-state index in [9.17, 15) is 24.0 Å². The fourth-order valence-corrected chi connectivity index (χ4v) is 5.14. The Bertz CT molecular complexity index is 1100. The number of carbonyl (C=O) groups excluding carboxylic acids is 5. The molecule has 3 aliphatic heterocycles. The molecule has 1 aromatic rings. The van der Waals surface area contributed by atoms with Gasteiger partial charge in [0, 0.05) is 18.9 Å². The second-order valence-corrected chi connectivity index (χ2v) is 11.4. The molecule has 1 saturated carbocycles. The van der Waals surface area contributed by atoms with Crippen LogP contribution in [0.4, 0.5) is 0 Å². The van der Waals surface area contributed by atoms with Crippen LogP contribution >= 0.6 is 0 Å². The van der Waals surface area contributed by atoms with Crippen LogP contribution in [-0.4, -0.2) is 78.3 Å². The smallest absolute Gasteiger partial charge is 0.245 e. The Morgan fingerprint density at radius 1 is 1.02 bits per heavy atom. The fraction of sp³-hybridized carbons (Fsp3) is 0.621. The largest absolute Gasteiger partial charge is 0.492 e. The van der Waals surface area contributed by atoms with Crippen LogP contribution < -0.4 is 26.0 Å². The first-order valence-corrected chi connectivity index (χ1v) is 14.3. The highest BCUT2D eigenvalue weighted by atomic mass is 16.5. The van der Waals surface area contributed by atoms with E-state index in [1.807, 2.05) is 26.0 Å². The third-order valence-electron chi connectivity index (χ3n) is 7.53. The first-order valence-electron chi connectivity index (χ1n) is 14.3. The van der Waals surface area contributed by atoms with Gasteiger partial charge in [0.2, 0.25) is 29.5 Å². The minimum Gasteiger partial charge on any atom is -0.492 e. The highest BCUT2D eigenvalue weighted by molar-refractivity contribution is 5.96. The molecule has 5 rings (SSSR count). The van der Waals surface area contributed by atoms with Crippen molar-refractivity contribution in [3.05, 3.63) is 29.8 Å². The quantitative estimate of drug-likeness (QED) is 0.429. The van der Waals surface area contributed by atoms with E-state index in [1.54, 1.807) is 24.0 Å². The normalized spacial score (nSPS) is 26.9. The van der Waals surface area contributed by atoms with E-state index in [2.05, 4.69) is 21.3 Å². The van der Waals surface area contributed by atoms with E-state index in [1.165, 1.54) is 0 Å². The summed E-state index contributed by atoms with van der Waals surface area (Å²) in [5.41, 5.74) is 0.812. The van der Waals surface area contributed by atoms with Crippen LogP contribution in [0.25, 0.3) is 0 Å². The standard InChI is InChI=1S/C29H41N5O6/c1-17(2)15-23-29(39)34-13-4-5-24(34)28(38)30-12-14-40-21-10-6-19(7-11-21)16-22(32-26(36)20-8-9-20)27(37)31-18(3)25(35)33-23/h6-7,10-11,17-18,20,22-24H,4-5,8-9,12-16H2,1-3H3,(H,30,38)(H,31,37)(H,32,36)(H,33,35)/t18-,22+,23+,24-/m1/s1. The van der Waals surface area contributed by atoms with Gasteiger partial charge in [0.05, 0.1) is 6.54 Å². The Morgan fingerprint density at radius 2 is 1.75 bits per heavy atom. The van der Waals surface area contributed by atoms with Gasteiger partial charge in [-0.1, -0.05) is 26.0 Å². The van der Waals surface area contributed by atoms with Gasteiger partial charge in [-0.2, -0.15) is 0 Å². The lowest BCUT2D eigenvalue weighted by molar-refractivity contribution is -0.142. The number of nitrogens with zero attached hydrogens (tertiary/aromatic N) is 1. The number of rotatable bonds is 4. The molecule has 1 aromatic carbocycles. The average molecular weight is 556 g/mol. The zero-order chi connectivity index (χ0) is 28.8. The molecule has 0 radical (unpaired) electrons. The fourth-order valence-electron chi connectivity index (χ4n) is 5.14. The minimum atomic E-state index is -0.950. The molecule has 3 heterocycles. The monoisotopic (exact) mass is 555 g/mol. The average Bonchev–Trinajstić information content (AvgIpc) is 3.66. The predicted molar refractivity (Wildman–Crippen MR) is 147 cm³/mol. The van der Waals surface area contributed by atoms with Crippen LogP contribution in [0.3, 0.4) is 0 Å². The minimum absolute atomic E-state index is 0.0805. The molecular formula is C29H41N5O6. The van der Waals surface area contributed by atoms with Gasteiger partial charge in [0.15, 0.2) is 0 Å². The summed E-state index contributed by atoms with van der Waals surface area (Å²) in [6, 6.07) is 3.93. The second kappa shape index (κ2) is 13.1. The number of ether oxygens (including phenoxy) is 1. The lowest BCUT2D eigenvalue weighted by atomic mass is 10.0. The highest BCUT2D eigenvalue weighted by Crippen LogP contribution is 2.29. The van der Waals surface area contributed by atoms with Crippen LogP contribution in [0.15, 0.2) is 24.3 Å². The third-order valence-corrected chi connectivity index (χ3v) is 7.53. The van der Waals surface area contributed by atoms with E-state index >= 15 is 0 Å². The van der Waals surface area contributed by atoms with Gasteiger partial charge in [-0.05, 0) is 62.6 Å². The summed E-state index contributed by atoms with van der Waals surface area (Å²) in [5, 5.41) is 11.2. The number of hydrogen-bond donors (Lipinski definition) is 4. The topological polar surface area (TPSA) is 146 Å². The van der Waals surface area contributed by atoms with Crippen molar-refractivity contribution in [2.75, 3.05) is 19.7 Å². The summed E-state index contributed by atoms with van der Waals surface area (Å²) in [5.74, 6) is -1.07. The molecular weight excluding hydrogens is 514 g/mol. The SMILES string of the molecule is CC(C)C[C@@H]1NC(=O)[C@@H](C)NC(=O)[C@@H](NC(=O)C2CC2)Cc2ccc(cc2)OCCNC(=O)[C@H]2CCCN2C1=O. The Hall–Kier alpha value is -3.63. The van der Waals surface area contributed by atoms with Gasteiger partial charge >= 0.3 is 0 Å². The second-order valence-electron chi connectivity index (χ2n) is 11.4. The molecule has 0 aromatic heterocycles. The number of nitrogens with one attached hydrogen (secondary N) is 4. The summed E-state index contributed by atoms with van der Waals surface area (Å²) in [7, 11) is 0. The van der Waals surface area contributed by atoms with Crippen molar-refractivity contribution in [3.63, 3.8) is 0 Å². The molecule has 0 unspecified atom stereocenters. The first-order chi connectivity index (χ1) is 19.1. The summed E-state index contributed by atoms with van der Waals surface area (Å²) in [6.07, 6.45) is 3.46. The maximum atomic E-state index is 13.6. The lowest BCUT2D eigenvalue weighted by Gasteiger charge is -2.30. The highest BCUT2D eigenvalue weighted by Gasteiger charge is 2.38. The molecule has 40 heavy (non-hydrogen) atoms. The Balaban J connectivity index is 1.56. The molecule has 2 bridgehead atoms. The number of amides is 5. The van der Waals surface area contributed by atoms with Crippen LogP contribution in [0.1, 0.15) is 58.4 Å². The third kappa shape index (κ3) is 7.73. The summed E-state index contributed by atoms with van der Waals surface area (Å²) in [4.78, 5) is 67.1. The molecule has 4 aliphatic rings. The molecule has 11 heteroatoms. The van der Waals surface area contributed by atoms with Crippen molar-refractivity contribution in [2.24, 2.45) is 11.8 Å². The Kier molecular flexibility index (Phi) is 9.65. The first kappa shape index (κ1) is 29.4. The molecule has 4 atom stereocenters. The molecule has 11 nitrogen and oxygen atoms in total. The van der Waals surface area contributed by atoms with Crippen LogP contribution in [0.5, 0.6) is 5.75 Å². The van der Waals surface area contributed by atoms with Crippen molar-refractivity contribution in [1.82, 2.24) is 26.2 Å². The molecule has 4 N–H and O–H groups in total. The Morgan fingerprint density at radius 3 is 2.42 bits per heavy atom. The van der Waals surface area contributed by atoms with E-state index in [0.717, 1.165) is 18.4 Å². The lowest BCUT2D eigenvalue weighted by Crippen LogP contribution is -2.58. The van der Waals surface area contributed by atoms with E-state index in [0.29, 0.717) is 31.6 Å². The van der Waals surface area contributed by atoms with Gasteiger partial charge in [-0.15, -0.1) is 0 Å². The Labute approximate surface area is 235 Å². The molecule has 0 spiro atoms. The van der Waals surface area contributed by atoms with Gasteiger partial charge in [-0.3, -0.25) is 24.0 Å². The number of carbonyl (C=O) groups is 5. The summed E-state index contributed by atoms with van der Waals surface area (Å²) >= 11 is 0.